The van der Waals surface area contributed by atoms with Gasteiger partial charge in [-0.2, -0.15) is 0 Å². The maximum Gasteiger partial charge on any atom is 0.410 e. The SMILES string of the molecule is CC(C)(C)OC(=O)N1CCC(c2nc3ccccc3o2)CC1. The van der Waals surface area contributed by atoms with E-state index >= 15 is 0 Å². The second kappa shape index (κ2) is 5.63. The minimum absolute atomic E-state index is 0.233. The minimum Gasteiger partial charge on any atom is -0.444 e. The van der Waals surface area contributed by atoms with Crippen molar-refractivity contribution in [3.05, 3.63) is 30.2 Å². The van der Waals surface area contributed by atoms with E-state index in [9.17, 15) is 4.79 Å². The van der Waals surface area contributed by atoms with E-state index in [-0.39, 0.29) is 12.0 Å². The molecule has 0 atom stereocenters. The minimum atomic E-state index is -0.450. The predicted molar refractivity (Wildman–Crippen MR) is 83.8 cm³/mol. The van der Waals surface area contributed by atoms with Crippen LogP contribution in [-0.4, -0.2) is 34.7 Å². The van der Waals surface area contributed by atoms with Crippen LogP contribution in [0.1, 0.15) is 45.4 Å². The van der Waals surface area contributed by atoms with Crippen molar-refractivity contribution >= 4 is 17.2 Å². The number of benzene rings is 1. The van der Waals surface area contributed by atoms with Gasteiger partial charge in [0.15, 0.2) is 11.5 Å². The van der Waals surface area contributed by atoms with Crippen LogP contribution in [0.25, 0.3) is 11.1 Å². The molecule has 22 heavy (non-hydrogen) atoms. The number of fused-ring (bicyclic) bond motifs is 1. The van der Waals surface area contributed by atoms with Crippen LogP contribution >= 0.6 is 0 Å². The van der Waals surface area contributed by atoms with Gasteiger partial charge in [0.1, 0.15) is 11.1 Å². The van der Waals surface area contributed by atoms with E-state index in [2.05, 4.69) is 4.98 Å². The lowest BCUT2D eigenvalue weighted by molar-refractivity contribution is 0.0199. The van der Waals surface area contributed by atoms with E-state index in [1.165, 1.54) is 0 Å². The average Bonchev–Trinajstić information content (AvgIpc) is 2.89. The van der Waals surface area contributed by atoms with E-state index < -0.39 is 5.60 Å². The van der Waals surface area contributed by atoms with Crippen LogP contribution in [0.2, 0.25) is 0 Å². The van der Waals surface area contributed by atoms with Crippen LogP contribution in [0.3, 0.4) is 0 Å². The fourth-order valence-corrected chi connectivity index (χ4v) is 2.70. The van der Waals surface area contributed by atoms with Gasteiger partial charge in [0.05, 0.1) is 0 Å². The molecule has 0 saturated carbocycles. The Morgan fingerprint density at radius 2 is 1.95 bits per heavy atom. The van der Waals surface area contributed by atoms with E-state index in [0.29, 0.717) is 13.1 Å². The number of carbonyl (C=O) groups is 1. The van der Waals surface area contributed by atoms with Crippen molar-refractivity contribution in [3.63, 3.8) is 0 Å². The number of carbonyl (C=O) groups excluding carboxylic acids is 1. The Labute approximate surface area is 130 Å². The van der Waals surface area contributed by atoms with Crippen molar-refractivity contribution < 1.29 is 13.9 Å². The molecule has 1 aromatic carbocycles. The topological polar surface area (TPSA) is 55.6 Å². The highest BCUT2D eigenvalue weighted by Gasteiger charge is 2.29. The molecular weight excluding hydrogens is 280 g/mol. The lowest BCUT2D eigenvalue weighted by Crippen LogP contribution is -2.41. The molecule has 0 unspecified atom stereocenters. The Kier molecular flexibility index (Phi) is 3.81. The number of ether oxygens (including phenoxy) is 1. The number of oxazole rings is 1. The third kappa shape index (κ3) is 3.24. The molecule has 5 nitrogen and oxygen atoms in total. The Morgan fingerprint density at radius 3 is 2.59 bits per heavy atom. The van der Waals surface area contributed by atoms with Gasteiger partial charge in [0.25, 0.3) is 0 Å². The third-order valence-electron chi connectivity index (χ3n) is 3.81. The van der Waals surface area contributed by atoms with Gasteiger partial charge in [0.2, 0.25) is 0 Å². The Morgan fingerprint density at radius 1 is 1.27 bits per heavy atom. The Hall–Kier alpha value is -2.04. The highest BCUT2D eigenvalue weighted by atomic mass is 16.6. The summed E-state index contributed by atoms with van der Waals surface area (Å²) < 4.78 is 11.3. The summed E-state index contributed by atoms with van der Waals surface area (Å²) in [6.07, 6.45) is 1.47. The number of amides is 1. The van der Waals surface area contributed by atoms with Gasteiger partial charge in [-0.15, -0.1) is 0 Å². The molecule has 0 N–H and O–H groups in total. The average molecular weight is 302 g/mol. The Balaban J connectivity index is 1.63. The zero-order chi connectivity index (χ0) is 15.7. The molecule has 1 aromatic heterocycles. The summed E-state index contributed by atoms with van der Waals surface area (Å²) in [7, 11) is 0. The maximum atomic E-state index is 12.1. The number of para-hydroxylation sites is 2. The first-order chi connectivity index (χ1) is 10.4. The summed E-state index contributed by atoms with van der Waals surface area (Å²) in [6.45, 7) is 7.01. The first-order valence-electron chi connectivity index (χ1n) is 7.76. The molecule has 0 bridgehead atoms. The van der Waals surface area contributed by atoms with Crippen molar-refractivity contribution in [2.24, 2.45) is 0 Å². The standard InChI is InChI=1S/C17H22N2O3/c1-17(2,3)22-16(20)19-10-8-12(9-11-19)15-18-13-6-4-5-7-14(13)21-15/h4-7,12H,8-11H2,1-3H3. The van der Waals surface area contributed by atoms with Crippen molar-refractivity contribution in [1.82, 2.24) is 9.88 Å². The number of piperidine rings is 1. The second-order valence-electron chi connectivity index (χ2n) is 6.76. The van der Waals surface area contributed by atoms with Gasteiger partial charge in [-0.1, -0.05) is 12.1 Å². The van der Waals surface area contributed by atoms with Crippen molar-refractivity contribution in [1.29, 1.82) is 0 Å². The van der Waals surface area contributed by atoms with E-state index in [4.69, 9.17) is 9.15 Å². The van der Waals surface area contributed by atoms with Gasteiger partial charge < -0.3 is 14.1 Å². The molecule has 1 amide bonds. The summed E-state index contributed by atoms with van der Waals surface area (Å²) in [6, 6.07) is 7.79. The molecule has 1 saturated heterocycles. The number of aromatic nitrogens is 1. The van der Waals surface area contributed by atoms with Crippen LogP contribution in [0, 0.1) is 0 Å². The lowest BCUT2D eigenvalue weighted by atomic mass is 9.97. The highest BCUT2D eigenvalue weighted by molar-refractivity contribution is 5.72. The summed E-state index contributed by atoms with van der Waals surface area (Å²) in [4.78, 5) is 18.4. The van der Waals surface area contributed by atoms with Gasteiger partial charge in [-0.05, 0) is 45.7 Å². The van der Waals surface area contributed by atoms with Crippen molar-refractivity contribution in [2.45, 2.75) is 45.1 Å². The van der Waals surface area contributed by atoms with E-state index in [0.717, 1.165) is 29.8 Å². The molecule has 5 heteroatoms. The van der Waals surface area contributed by atoms with Crippen LogP contribution in [0.15, 0.2) is 28.7 Å². The zero-order valence-corrected chi connectivity index (χ0v) is 13.3. The number of hydrogen-bond acceptors (Lipinski definition) is 4. The van der Waals surface area contributed by atoms with Gasteiger partial charge in [0, 0.05) is 19.0 Å². The molecule has 1 aliphatic heterocycles. The molecule has 2 heterocycles. The first kappa shape index (κ1) is 14.9. The quantitative estimate of drug-likeness (QED) is 0.800. The molecule has 118 valence electrons. The summed E-state index contributed by atoms with van der Waals surface area (Å²) >= 11 is 0. The predicted octanol–water partition coefficient (Wildman–Crippen LogP) is 3.94. The fourth-order valence-electron chi connectivity index (χ4n) is 2.70. The lowest BCUT2D eigenvalue weighted by Gasteiger charge is -2.32. The molecule has 0 aliphatic carbocycles. The van der Waals surface area contributed by atoms with Crippen LogP contribution < -0.4 is 0 Å². The van der Waals surface area contributed by atoms with Crippen molar-refractivity contribution in [2.75, 3.05) is 13.1 Å². The highest BCUT2D eigenvalue weighted by Crippen LogP contribution is 2.30. The second-order valence-corrected chi connectivity index (χ2v) is 6.76. The van der Waals surface area contributed by atoms with Gasteiger partial charge in [-0.3, -0.25) is 0 Å². The summed E-state index contributed by atoms with van der Waals surface area (Å²) in [5.74, 6) is 1.05. The number of hydrogen-bond donors (Lipinski definition) is 0. The third-order valence-corrected chi connectivity index (χ3v) is 3.81. The molecule has 0 radical (unpaired) electrons. The molecule has 1 aliphatic rings. The Bertz CT molecular complexity index is 631. The molecule has 2 aromatic rings. The molecule has 1 fully saturated rings. The largest absolute Gasteiger partial charge is 0.444 e. The summed E-state index contributed by atoms with van der Waals surface area (Å²) in [5, 5.41) is 0. The monoisotopic (exact) mass is 302 g/mol. The number of rotatable bonds is 1. The van der Waals surface area contributed by atoms with Gasteiger partial charge >= 0.3 is 6.09 Å². The maximum absolute atomic E-state index is 12.1. The molecule has 0 spiro atoms. The van der Waals surface area contributed by atoms with Gasteiger partial charge in [-0.25, -0.2) is 9.78 Å². The number of likely N-dealkylation sites (tertiary alicyclic amines) is 1. The summed E-state index contributed by atoms with van der Waals surface area (Å²) in [5.41, 5.74) is 1.27. The van der Waals surface area contributed by atoms with E-state index in [1.807, 2.05) is 45.0 Å². The van der Waals surface area contributed by atoms with Crippen LogP contribution in [0.5, 0.6) is 0 Å². The zero-order valence-electron chi connectivity index (χ0n) is 13.3. The van der Waals surface area contributed by atoms with Crippen LogP contribution in [0.4, 0.5) is 4.79 Å². The molecule has 3 rings (SSSR count). The van der Waals surface area contributed by atoms with Crippen LogP contribution in [-0.2, 0) is 4.74 Å². The van der Waals surface area contributed by atoms with Crippen molar-refractivity contribution in [3.8, 4) is 0 Å². The van der Waals surface area contributed by atoms with E-state index in [1.54, 1.807) is 4.90 Å². The normalized spacial score (nSPS) is 17.0. The smallest absolute Gasteiger partial charge is 0.410 e. The number of nitrogens with zero attached hydrogens (tertiary/aromatic N) is 2. The fraction of sp³-hybridized carbons (Fsp3) is 0.529. The molecular formula is C17H22N2O3. The first-order valence-corrected chi connectivity index (χ1v) is 7.76.